The number of amides is 1. The number of hydrogen-bond acceptors (Lipinski definition) is 5. The van der Waals surface area contributed by atoms with Crippen LogP contribution in [0.2, 0.25) is 0 Å². The standard InChI is InChI=1S/C18H22N4O2/c1-13-4-5-16(20-11-13)21(3)18(23)15-6-7-19-17(10-15)22-8-9-24-14(2)12-22/h4-7,10-11,14H,8-9,12H2,1-3H3. The van der Waals surface area contributed by atoms with Gasteiger partial charge in [0.1, 0.15) is 11.6 Å². The lowest BCUT2D eigenvalue weighted by atomic mass is 10.2. The third-order valence-electron chi connectivity index (χ3n) is 4.10. The van der Waals surface area contributed by atoms with Crippen LogP contribution in [0, 0.1) is 6.92 Å². The van der Waals surface area contributed by atoms with Crippen LogP contribution in [-0.2, 0) is 4.74 Å². The maximum absolute atomic E-state index is 12.7. The number of pyridine rings is 2. The molecule has 24 heavy (non-hydrogen) atoms. The molecular weight excluding hydrogens is 304 g/mol. The highest BCUT2D eigenvalue weighted by Crippen LogP contribution is 2.19. The number of hydrogen-bond donors (Lipinski definition) is 0. The van der Waals surface area contributed by atoms with Crippen molar-refractivity contribution in [3.8, 4) is 0 Å². The number of morpholine rings is 1. The minimum atomic E-state index is -0.101. The number of carbonyl (C=O) groups excluding carboxylic acids is 1. The number of ether oxygens (including phenoxy) is 1. The van der Waals surface area contributed by atoms with Crippen molar-refractivity contribution >= 4 is 17.5 Å². The first-order valence-corrected chi connectivity index (χ1v) is 8.08. The van der Waals surface area contributed by atoms with Crippen LogP contribution >= 0.6 is 0 Å². The summed E-state index contributed by atoms with van der Waals surface area (Å²) in [7, 11) is 1.73. The zero-order valence-corrected chi connectivity index (χ0v) is 14.3. The molecule has 0 N–H and O–H groups in total. The molecule has 1 fully saturated rings. The van der Waals surface area contributed by atoms with Crippen LogP contribution in [0.4, 0.5) is 11.6 Å². The quantitative estimate of drug-likeness (QED) is 0.866. The highest BCUT2D eigenvalue weighted by Gasteiger charge is 2.20. The van der Waals surface area contributed by atoms with E-state index in [1.54, 1.807) is 30.4 Å². The zero-order chi connectivity index (χ0) is 17.1. The molecule has 2 aromatic rings. The number of aromatic nitrogens is 2. The van der Waals surface area contributed by atoms with Crippen LogP contribution in [-0.4, -0.2) is 48.7 Å². The molecule has 126 valence electrons. The van der Waals surface area contributed by atoms with Crippen molar-refractivity contribution in [2.45, 2.75) is 20.0 Å². The highest BCUT2D eigenvalue weighted by molar-refractivity contribution is 6.05. The highest BCUT2D eigenvalue weighted by atomic mass is 16.5. The fourth-order valence-electron chi connectivity index (χ4n) is 2.71. The van der Waals surface area contributed by atoms with E-state index in [1.165, 1.54) is 0 Å². The van der Waals surface area contributed by atoms with Gasteiger partial charge in [0.2, 0.25) is 0 Å². The van der Waals surface area contributed by atoms with Gasteiger partial charge >= 0.3 is 0 Å². The summed E-state index contributed by atoms with van der Waals surface area (Å²) >= 11 is 0. The molecule has 1 aliphatic heterocycles. The van der Waals surface area contributed by atoms with E-state index in [9.17, 15) is 4.79 Å². The number of carbonyl (C=O) groups is 1. The molecule has 3 rings (SSSR count). The molecule has 0 bridgehead atoms. The summed E-state index contributed by atoms with van der Waals surface area (Å²) in [6.45, 7) is 6.24. The van der Waals surface area contributed by atoms with Gasteiger partial charge in [-0.25, -0.2) is 9.97 Å². The summed E-state index contributed by atoms with van der Waals surface area (Å²) in [6.07, 6.45) is 3.60. The summed E-state index contributed by atoms with van der Waals surface area (Å²) in [5.74, 6) is 1.33. The molecule has 0 aliphatic carbocycles. The molecule has 6 heteroatoms. The number of nitrogens with zero attached hydrogens (tertiary/aromatic N) is 4. The van der Waals surface area contributed by atoms with Gasteiger partial charge in [-0.1, -0.05) is 6.07 Å². The second kappa shape index (κ2) is 6.97. The van der Waals surface area contributed by atoms with Gasteiger partial charge in [-0.2, -0.15) is 0 Å². The van der Waals surface area contributed by atoms with E-state index in [0.29, 0.717) is 18.0 Å². The van der Waals surface area contributed by atoms with Crippen molar-refractivity contribution in [3.63, 3.8) is 0 Å². The van der Waals surface area contributed by atoms with Crippen molar-refractivity contribution in [1.82, 2.24) is 9.97 Å². The normalized spacial score (nSPS) is 17.6. The van der Waals surface area contributed by atoms with Gasteiger partial charge in [-0.15, -0.1) is 0 Å². The van der Waals surface area contributed by atoms with Gasteiger partial charge in [0.25, 0.3) is 5.91 Å². The smallest absolute Gasteiger partial charge is 0.259 e. The molecule has 1 aliphatic rings. The van der Waals surface area contributed by atoms with E-state index in [2.05, 4.69) is 14.9 Å². The van der Waals surface area contributed by atoms with Crippen LogP contribution in [0.5, 0.6) is 0 Å². The molecule has 0 spiro atoms. The first-order chi connectivity index (χ1) is 11.5. The van der Waals surface area contributed by atoms with E-state index in [4.69, 9.17) is 4.74 Å². The summed E-state index contributed by atoms with van der Waals surface area (Å²) in [5, 5.41) is 0. The van der Waals surface area contributed by atoms with E-state index < -0.39 is 0 Å². The lowest BCUT2D eigenvalue weighted by Crippen LogP contribution is -2.41. The summed E-state index contributed by atoms with van der Waals surface area (Å²) in [5.41, 5.74) is 1.66. The van der Waals surface area contributed by atoms with Gasteiger partial charge in [0, 0.05) is 38.1 Å². The topological polar surface area (TPSA) is 58.6 Å². The fraction of sp³-hybridized carbons (Fsp3) is 0.389. The molecule has 1 unspecified atom stereocenters. The minimum absolute atomic E-state index is 0.101. The van der Waals surface area contributed by atoms with Gasteiger partial charge in [0.15, 0.2) is 0 Å². The Bertz CT molecular complexity index is 717. The Morgan fingerprint density at radius 2 is 2.17 bits per heavy atom. The predicted molar refractivity (Wildman–Crippen MR) is 93.6 cm³/mol. The number of aryl methyl sites for hydroxylation is 1. The van der Waals surface area contributed by atoms with Crippen molar-refractivity contribution in [1.29, 1.82) is 0 Å². The molecule has 6 nitrogen and oxygen atoms in total. The third kappa shape index (κ3) is 3.54. The lowest BCUT2D eigenvalue weighted by molar-refractivity contribution is 0.0529. The van der Waals surface area contributed by atoms with Crippen LogP contribution < -0.4 is 9.80 Å². The van der Waals surface area contributed by atoms with Crippen LogP contribution in [0.3, 0.4) is 0 Å². The maximum atomic E-state index is 12.7. The second-order valence-corrected chi connectivity index (χ2v) is 6.09. The Balaban J connectivity index is 1.80. The fourth-order valence-corrected chi connectivity index (χ4v) is 2.71. The van der Waals surface area contributed by atoms with Gasteiger partial charge in [-0.05, 0) is 37.6 Å². The van der Waals surface area contributed by atoms with Crippen LogP contribution in [0.25, 0.3) is 0 Å². The Labute approximate surface area is 142 Å². The first kappa shape index (κ1) is 16.4. The van der Waals surface area contributed by atoms with Crippen LogP contribution in [0.15, 0.2) is 36.7 Å². The van der Waals surface area contributed by atoms with E-state index in [-0.39, 0.29) is 12.0 Å². The lowest BCUT2D eigenvalue weighted by Gasteiger charge is -2.32. The molecule has 2 aromatic heterocycles. The minimum Gasteiger partial charge on any atom is -0.375 e. The molecule has 3 heterocycles. The van der Waals surface area contributed by atoms with Gasteiger partial charge < -0.3 is 9.64 Å². The first-order valence-electron chi connectivity index (χ1n) is 8.08. The molecule has 0 radical (unpaired) electrons. The van der Waals surface area contributed by atoms with Gasteiger partial charge in [0.05, 0.1) is 12.7 Å². The van der Waals surface area contributed by atoms with Gasteiger partial charge in [-0.3, -0.25) is 9.69 Å². The van der Waals surface area contributed by atoms with Crippen molar-refractivity contribution in [3.05, 3.63) is 47.8 Å². The molecule has 1 saturated heterocycles. The SMILES string of the molecule is Cc1ccc(N(C)C(=O)c2ccnc(N3CCOC(C)C3)c2)nc1. The second-order valence-electron chi connectivity index (χ2n) is 6.09. The molecular formula is C18H22N4O2. The number of rotatable bonds is 3. The monoisotopic (exact) mass is 326 g/mol. The third-order valence-corrected chi connectivity index (χ3v) is 4.10. The summed E-state index contributed by atoms with van der Waals surface area (Å²) in [6, 6.07) is 7.36. The Morgan fingerprint density at radius 1 is 1.33 bits per heavy atom. The van der Waals surface area contributed by atoms with Crippen molar-refractivity contribution in [2.24, 2.45) is 0 Å². The summed E-state index contributed by atoms with van der Waals surface area (Å²) < 4.78 is 5.56. The van der Waals surface area contributed by atoms with Crippen LogP contribution in [0.1, 0.15) is 22.8 Å². The molecule has 1 atom stereocenters. The largest absolute Gasteiger partial charge is 0.375 e. The van der Waals surface area contributed by atoms with Crippen molar-refractivity contribution < 1.29 is 9.53 Å². The molecule has 0 saturated carbocycles. The zero-order valence-electron chi connectivity index (χ0n) is 14.3. The average molecular weight is 326 g/mol. The Morgan fingerprint density at radius 3 is 2.88 bits per heavy atom. The summed E-state index contributed by atoms with van der Waals surface area (Å²) in [4.78, 5) is 25.2. The van der Waals surface area contributed by atoms with E-state index in [1.807, 2.05) is 32.0 Å². The van der Waals surface area contributed by atoms with E-state index in [0.717, 1.165) is 24.5 Å². The molecule has 1 amide bonds. The molecule has 0 aromatic carbocycles. The maximum Gasteiger partial charge on any atom is 0.259 e. The number of anilines is 2. The van der Waals surface area contributed by atoms with Crippen molar-refractivity contribution in [2.75, 3.05) is 36.5 Å². The Hall–Kier alpha value is -2.47. The predicted octanol–water partition coefficient (Wildman–Crippen LogP) is 2.29. The average Bonchev–Trinajstić information content (AvgIpc) is 2.61. The Kier molecular flexibility index (Phi) is 4.76. The van der Waals surface area contributed by atoms with E-state index >= 15 is 0 Å².